The second-order valence-corrected chi connectivity index (χ2v) is 5.13. The van der Waals surface area contributed by atoms with Gasteiger partial charge in [-0.25, -0.2) is 9.78 Å². The molecular weight excluding hydrogens is 288 g/mol. The Bertz CT molecular complexity index is 581. The summed E-state index contributed by atoms with van der Waals surface area (Å²) in [6, 6.07) is 7.93. The van der Waals surface area contributed by atoms with Crippen LogP contribution in [0.2, 0.25) is 0 Å². The van der Waals surface area contributed by atoms with Crippen LogP contribution < -0.4 is 10.1 Å². The number of nitrogens with one attached hydrogen (secondary N) is 1. The summed E-state index contributed by atoms with van der Waals surface area (Å²) in [6.45, 7) is 2.85. The smallest absolute Gasteiger partial charge is 0.360 e. The second kappa shape index (κ2) is 7.64. The predicted molar refractivity (Wildman–Crippen MR) is 83.3 cm³/mol. The first-order chi connectivity index (χ1) is 10.2. The third-order valence-corrected chi connectivity index (χ3v) is 3.68. The summed E-state index contributed by atoms with van der Waals surface area (Å²) < 4.78 is 10.1. The van der Waals surface area contributed by atoms with Crippen LogP contribution in [0.3, 0.4) is 0 Å². The Hall–Kier alpha value is -2.08. The molecule has 1 aromatic carbocycles. The maximum atomic E-state index is 11.7. The Morgan fingerprint density at radius 2 is 2.10 bits per heavy atom. The molecule has 1 heterocycles. The van der Waals surface area contributed by atoms with E-state index in [9.17, 15) is 4.79 Å². The molecule has 0 aliphatic rings. The Kier molecular flexibility index (Phi) is 5.57. The summed E-state index contributed by atoms with van der Waals surface area (Å²) >= 11 is 1.40. The van der Waals surface area contributed by atoms with Gasteiger partial charge in [-0.2, -0.15) is 0 Å². The number of hydrogen-bond donors (Lipinski definition) is 1. The van der Waals surface area contributed by atoms with Crippen LogP contribution in [0.25, 0.3) is 0 Å². The summed E-state index contributed by atoms with van der Waals surface area (Å²) in [5.41, 5.74) is 3.20. The maximum absolute atomic E-state index is 11.7. The molecule has 0 amide bonds. The van der Waals surface area contributed by atoms with E-state index in [0.29, 0.717) is 12.3 Å². The van der Waals surface area contributed by atoms with Crippen molar-refractivity contribution in [3.05, 3.63) is 41.0 Å². The molecule has 0 bridgehead atoms. The molecule has 2 rings (SSSR count). The lowest BCUT2D eigenvalue weighted by molar-refractivity contribution is 0.0521. The van der Waals surface area contributed by atoms with Crippen molar-refractivity contribution in [2.75, 3.05) is 25.6 Å². The molecule has 0 atom stereocenters. The van der Waals surface area contributed by atoms with Crippen LogP contribution >= 0.6 is 11.3 Å². The van der Waals surface area contributed by atoms with Crippen LogP contribution in [0.4, 0.5) is 5.00 Å². The number of esters is 1. The van der Waals surface area contributed by atoms with Gasteiger partial charge in [0.05, 0.1) is 19.2 Å². The van der Waals surface area contributed by atoms with E-state index in [0.717, 1.165) is 23.7 Å². The fourth-order valence-electron chi connectivity index (χ4n) is 1.83. The second-order valence-electron chi connectivity index (χ2n) is 4.28. The zero-order valence-corrected chi connectivity index (χ0v) is 12.9. The molecule has 0 fully saturated rings. The topological polar surface area (TPSA) is 60.5 Å². The number of carbonyl (C=O) groups is 1. The van der Waals surface area contributed by atoms with E-state index in [2.05, 4.69) is 10.3 Å². The van der Waals surface area contributed by atoms with E-state index in [4.69, 9.17) is 9.47 Å². The van der Waals surface area contributed by atoms with E-state index in [1.165, 1.54) is 16.9 Å². The number of benzene rings is 1. The predicted octanol–water partition coefficient (Wildman–Crippen LogP) is 2.98. The first-order valence-corrected chi connectivity index (χ1v) is 7.60. The molecular formula is C15H18N2O3S. The molecule has 0 saturated carbocycles. The minimum atomic E-state index is -0.384. The quantitative estimate of drug-likeness (QED) is 0.797. The highest BCUT2D eigenvalue weighted by molar-refractivity contribution is 7.14. The van der Waals surface area contributed by atoms with Gasteiger partial charge in [-0.05, 0) is 31.0 Å². The number of methoxy groups -OCH3 is 1. The summed E-state index contributed by atoms with van der Waals surface area (Å²) in [5.74, 6) is 0.462. The molecule has 0 saturated heterocycles. The maximum Gasteiger partial charge on any atom is 0.360 e. The van der Waals surface area contributed by atoms with E-state index in [-0.39, 0.29) is 5.97 Å². The fraction of sp³-hybridized carbons (Fsp3) is 0.333. The van der Waals surface area contributed by atoms with Gasteiger partial charge >= 0.3 is 5.97 Å². The molecule has 0 spiro atoms. The van der Waals surface area contributed by atoms with Crippen molar-refractivity contribution in [3.8, 4) is 5.75 Å². The van der Waals surface area contributed by atoms with Gasteiger partial charge in [-0.3, -0.25) is 0 Å². The first-order valence-electron chi connectivity index (χ1n) is 6.72. The number of ether oxygens (including phenoxy) is 2. The summed E-state index contributed by atoms with van der Waals surface area (Å²) in [5, 5.41) is 3.99. The van der Waals surface area contributed by atoms with Crippen molar-refractivity contribution in [1.29, 1.82) is 0 Å². The van der Waals surface area contributed by atoms with Crippen molar-refractivity contribution < 1.29 is 14.3 Å². The van der Waals surface area contributed by atoms with Crippen LogP contribution in [0, 0.1) is 0 Å². The minimum absolute atomic E-state index is 0.349. The zero-order valence-electron chi connectivity index (χ0n) is 12.1. The highest BCUT2D eigenvalue weighted by Crippen LogP contribution is 2.21. The van der Waals surface area contributed by atoms with Crippen molar-refractivity contribution in [2.24, 2.45) is 0 Å². The highest BCUT2D eigenvalue weighted by atomic mass is 32.1. The highest BCUT2D eigenvalue weighted by Gasteiger charge is 2.15. The van der Waals surface area contributed by atoms with Gasteiger partial charge in [0.25, 0.3) is 0 Å². The number of carbonyl (C=O) groups excluding carboxylic acids is 1. The van der Waals surface area contributed by atoms with Gasteiger partial charge in [0.2, 0.25) is 0 Å². The average molecular weight is 306 g/mol. The van der Waals surface area contributed by atoms with E-state index < -0.39 is 0 Å². The Labute approximate surface area is 127 Å². The number of rotatable bonds is 7. The van der Waals surface area contributed by atoms with E-state index in [1.54, 1.807) is 19.5 Å². The third kappa shape index (κ3) is 4.19. The summed E-state index contributed by atoms with van der Waals surface area (Å²) in [7, 11) is 1.65. The average Bonchev–Trinajstić information content (AvgIpc) is 2.97. The van der Waals surface area contributed by atoms with Crippen molar-refractivity contribution in [1.82, 2.24) is 4.98 Å². The minimum Gasteiger partial charge on any atom is -0.497 e. The molecule has 1 N–H and O–H groups in total. The molecule has 0 radical (unpaired) electrons. The van der Waals surface area contributed by atoms with Gasteiger partial charge in [0, 0.05) is 6.54 Å². The number of nitrogens with zero attached hydrogens (tertiary/aromatic N) is 1. The molecule has 0 unspecified atom stereocenters. The number of aromatic nitrogens is 1. The van der Waals surface area contributed by atoms with Gasteiger partial charge < -0.3 is 14.8 Å². The number of anilines is 1. The van der Waals surface area contributed by atoms with Gasteiger partial charge in [-0.15, -0.1) is 11.3 Å². The monoisotopic (exact) mass is 306 g/mol. The molecule has 5 nitrogen and oxygen atoms in total. The molecule has 2 aromatic rings. The molecule has 0 aliphatic heterocycles. The molecule has 0 aliphatic carbocycles. The van der Waals surface area contributed by atoms with E-state index in [1.807, 2.05) is 24.3 Å². The Morgan fingerprint density at radius 1 is 1.33 bits per heavy atom. The lowest BCUT2D eigenvalue weighted by atomic mass is 10.1. The summed E-state index contributed by atoms with van der Waals surface area (Å²) in [6.07, 6.45) is 0.851. The lowest BCUT2D eigenvalue weighted by Crippen LogP contribution is -2.10. The van der Waals surface area contributed by atoms with Crippen LogP contribution in [-0.2, 0) is 11.2 Å². The molecule has 6 heteroatoms. The number of hydrogen-bond acceptors (Lipinski definition) is 6. The van der Waals surface area contributed by atoms with Crippen molar-refractivity contribution >= 4 is 22.3 Å². The first kappa shape index (κ1) is 15.3. The Morgan fingerprint density at radius 3 is 2.76 bits per heavy atom. The van der Waals surface area contributed by atoms with Gasteiger partial charge in [-0.1, -0.05) is 12.1 Å². The van der Waals surface area contributed by atoms with Crippen LogP contribution in [0.15, 0.2) is 29.8 Å². The zero-order chi connectivity index (χ0) is 15.1. The standard InChI is InChI=1S/C15H18N2O3S/c1-3-20-15(18)13-14(21-10-17-13)16-9-8-11-4-6-12(19-2)7-5-11/h4-7,10,16H,3,8-9H2,1-2H3. The molecule has 21 heavy (non-hydrogen) atoms. The van der Waals surface area contributed by atoms with Crippen molar-refractivity contribution in [3.63, 3.8) is 0 Å². The van der Waals surface area contributed by atoms with Gasteiger partial charge in [0.15, 0.2) is 5.69 Å². The Balaban J connectivity index is 1.88. The third-order valence-electron chi connectivity index (χ3n) is 2.89. The van der Waals surface area contributed by atoms with Gasteiger partial charge in [0.1, 0.15) is 10.8 Å². The van der Waals surface area contributed by atoms with Crippen LogP contribution in [0.1, 0.15) is 23.0 Å². The normalized spacial score (nSPS) is 10.2. The van der Waals surface area contributed by atoms with Crippen LogP contribution in [-0.4, -0.2) is 31.2 Å². The fourth-order valence-corrected chi connectivity index (χ4v) is 2.53. The number of thiazole rings is 1. The largest absolute Gasteiger partial charge is 0.497 e. The van der Waals surface area contributed by atoms with Crippen LogP contribution in [0.5, 0.6) is 5.75 Å². The molecule has 1 aromatic heterocycles. The van der Waals surface area contributed by atoms with Crippen molar-refractivity contribution in [2.45, 2.75) is 13.3 Å². The summed E-state index contributed by atoms with van der Waals surface area (Å²) in [4.78, 5) is 15.7. The van der Waals surface area contributed by atoms with E-state index >= 15 is 0 Å². The molecule has 112 valence electrons. The lowest BCUT2D eigenvalue weighted by Gasteiger charge is -2.07. The SMILES string of the molecule is CCOC(=O)c1ncsc1NCCc1ccc(OC)cc1.